The molecule has 2 N–H and O–H groups in total. The second-order valence-corrected chi connectivity index (χ2v) is 3.43. The van der Waals surface area contributed by atoms with Gasteiger partial charge in [-0.2, -0.15) is 0 Å². The molecule has 1 aromatic rings. The molecule has 0 fully saturated rings. The predicted molar refractivity (Wildman–Crippen MR) is 62.5 cm³/mol. The molecule has 0 saturated heterocycles. The van der Waals surface area contributed by atoms with E-state index in [0.717, 1.165) is 13.2 Å². The van der Waals surface area contributed by atoms with E-state index in [9.17, 15) is 0 Å². The molecule has 0 unspecified atom stereocenters. The minimum Gasteiger partial charge on any atom is -0.372 e. The Balaban J connectivity index is 1.99. The van der Waals surface area contributed by atoms with Crippen molar-refractivity contribution < 1.29 is 0 Å². The zero-order chi connectivity index (χ0) is 10.1. The Labute approximate surface area is 86.7 Å². The summed E-state index contributed by atoms with van der Waals surface area (Å²) in [7, 11) is 0. The van der Waals surface area contributed by atoms with Crippen molar-refractivity contribution in [2.24, 2.45) is 0 Å². The number of hydrogen-bond acceptors (Lipinski definition) is 2. The van der Waals surface area contributed by atoms with Gasteiger partial charge in [-0.05, 0) is 25.1 Å². The average molecular weight is 192 g/mol. The van der Waals surface area contributed by atoms with Gasteiger partial charge in [0.25, 0.3) is 0 Å². The van der Waals surface area contributed by atoms with Crippen LogP contribution in [0.4, 0.5) is 5.69 Å². The third-order valence-corrected chi connectivity index (χ3v) is 2.15. The molecule has 0 saturated carbocycles. The highest BCUT2D eigenvalue weighted by Crippen LogP contribution is 2.02. The maximum atomic E-state index is 3.36. The summed E-state index contributed by atoms with van der Waals surface area (Å²) >= 11 is 0. The Morgan fingerprint density at radius 1 is 1.07 bits per heavy atom. The number of para-hydroxylation sites is 1. The standard InChI is InChI=1S/C12H20N2/c1-2-3-7-10-13-11-14-12-8-5-4-6-9-12/h4-6,8-9,13-14H,2-3,7,10-11H2,1H3. The van der Waals surface area contributed by atoms with Gasteiger partial charge in [0.2, 0.25) is 0 Å². The summed E-state index contributed by atoms with van der Waals surface area (Å²) in [6.45, 7) is 4.18. The van der Waals surface area contributed by atoms with Gasteiger partial charge in [-0.3, -0.25) is 0 Å². The monoisotopic (exact) mass is 192 g/mol. The van der Waals surface area contributed by atoms with Crippen LogP contribution >= 0.6 is 0 Å². The molecule has 0 radical (unpaired) electrons. The largest absolute Gasteiger partial charge is 0.372 e. The molecule has 0 atom stereocenters. The van der Waals surface area contributed by atoms with Crippen molar-refractivity contribution in [3.63, 3.8) is 0 Å². The second-order valence-electron chi connectivity index (χ2n) is 3.43. The van der Waals surface area contributed by atoms with E-state index < -0.39 is 0 Å². The Hall–Kier alpha value is -1.02. The molecular formula is C12H20N2. The molecule has 0 heterocycles. The number of benzene rings is 1. The molecule has 0 bridgehead atoms. The van der Waals surface area contributed by atoms with Crippen LogP contribution in [0, 0.1) is 0 Å². The first-order valence-electron chi connectivity index (χ1n) is 5.43. The smallest absolute Gasteiger partial charge is 0.0653 e. The van der Waals surface area contributed by atoms with Gasteiger partial charge in [0.15, 0.2) is 0 Å². The average Bonchev–Trinajstić information content (AvgIpc) is 2.25. The lowest BCUT2D eigenvalue weighted by Gasteiger charge is -2.07. The van der Waals surface area contributed by atoms with Crippen molar-refractivity contribution in [1.29, 1.82) is 0 Å². The van der Waals surface area contributed by atoms with Gasteiger partial charge < -0.3 is 10.6 Å². The molecule has 78 valence electrons. The fourth-order valence-electron chi connectivity index (χ4n) is 1.31. The molecule has 2 nitrogen and oxygen atoms in total. The zero-order valence-corrected chi connectivity index (χ0v) is 8.92. The summed E-state index contributed by atoms with van der Waals surface area (Å²) in [5.41, 5.74) is 1.18. The lowest BCUT2D eigenvalue weighted by atomic mass is 10.2. The van der Waals surface area contributed by atoms with Crippen LogP contribution in [-0.2, 0) is 0 Å². The first kappa shape index (κ1) is 11.1. The van der Waals surface area contributed by atoms with Gasteiger partial charge in [0, 0.05) is 5.69 Å². The number of hydrogen-bond donors (Lipinski definition) is 2. The Morgan fingerprint density at radius 3 is 2.57 bits per heavy atom. The molecular weight excluding hydrogens is 172 g/mol. The van der Waals surface area contributed by atoms with Crippen LogP contribution in [0.3, 0.4) is 0 Å². The maximum absolute atomic E-state index is 3.36. The summed E-state index contributed by atoms with van der Waals surface area (Å²) in [6.07, 6.45) is 3.87. The summed E-state index contributed by atoms with van der Waals surface area (Å²) in [5.74, 6) is 0. The lowest BCUT2D eigenvalue weighted by molar-refractivity contribution is 0.637. The van der Waals surface area contributed by atoms with Crippen molar-refractivity contribution in [1.82, 2.24) is 5.32 Å². The highest BCUT2D eigenvalue weighted by atomic mass is 15.1. The van der Waals surface area contributed by atoms with Gasteiger partial charge in [-0.15, -0.1) is 0 Å². The first-order chi connectivity index (χ1) is 6.93. The summed E-state index contributed by atoms with van der Waals surface area (Å²) < 4.78 is 0. The fraction of sp³-hybridized carbons (Fsp3) is 0.500. The molecule has 0 aromatic heterocycles. The van der Waals surface area contributed by atoms with Crippen LogP contribution < -0.4 is 10.6 Å². The summed E-state index contributed by atoms with van der Waals surface area (Å²) in [6, 6.07) is 10.3. The Morgan fingerprint density at radius 2 is 1.86 bits per heavy atom. The topological polar surface area (TPSA) is 24.1 Å². The normalized spacial score (nSPS) is 10.1. The van der Waals surface area contributed by atoms with Crippen molar-refractivity contribution >= 4 is 5.69 Å². The molecule has 0 aliphatic rings. The fourth-order valence-corrected chi connectivity index (χ4v) is 1.31. The van der Waals surface area contributed by atoms with E-state index in [1.165, 1.54) is 24.9 Å². The molecule has 2 heteroatoms. The molecule has 1 aromatic carbocycles. The molecule has 0 amide bonds. The molecule has 0 aliphatic heterocycles. The number of nitrogens with one attached hydrogen (secondary N) is 2. The molecule has 0 spiro atoms. The minimum absolute atomic E-state index is 0.855. The lowest BCUT2D eigenvalue weighted by Crippen LogP contribution is -2.22. The van der Waals surface area contributed by atoms with Gasteiger partial charge in [-0.1, -0.05) is 38.0 Å². The highest BCUT2D eigenvalue weighted by Gasteiger charge is 1.88. The second kappa shape index (κ2) is 7.39. The van der Waals surface area contributed by atoms with Crippen molar-refractivity contribution in [2.45, 2.75) is 26.2 Å². The SMILES string of the molecule is CCCCCNCNc1ccccc1. The van der Waals surface area contributed by atoms with E-state index in [1.807, 2.05) is 18.2 Å². The van der Waals surface area contributed by atoms with Gasteiger partial charge >= 0.3 is 0 Å². The van der Waals surface area contributed by atoms with E-state index in [0.29, 0.717) is 0 Å². The molecule has 14 heavy (non-hydrogen) atoms. The molecule has 1 rings (SSSR count). The quantitative estimate of drug-likeness (QED) is 0.513. The molecule has 0 aliphatic carbocycles. The van der Waals surface area contributed by atoms with Gasteiger partial charge in [-0.25, -0.2) is 0 Å². The Bertz CT molecular complexity index is 221. The van der Waals surface area contributed by atoms with E-state index in [-0.39, 0.29) is 0 Å². The van der Waals surface area contributed by atoms with Gasteiger partial charge in [0.05, 0.1) is 6.67 Å². The Kier molecular flexibility index (Phi) is 5.84. The van der Waals surface area contributed by atoms with Crippen LogP contribution in [0.25, 0.3) is 0 Å². The van der Waals surface area contributed by atoms with Crippen LogP contribution in [0.15, 0.2) is 30.3 Å². The van der Waals surface area contributed by atoms with E-state index in [1.54, 1.807) is 0 Å². The number of unbranched alkanes of at least 4 members (excludes halogenated alkanes) is 2. The highest BCUT2D eigenvalue weighted by molar-refractivity contribution is 5.42. The zero-order valence-electron chi connectivity index (χ0n) is 8.92. The van der Waals surface area contributed by atoms with E-state index in [2.05, 4.69) is 29.7 Å². The predicted octanol–water partition coefficient (Wildman–Crippen LogP) is 2.84. The van der Waals surface area contributed by atoms with E-state index >= 15 is 0 Å². The number of anilines is 1. The summed E-state index contributed by atoms with van der Waals surface area (Å²) in [5, 5.41) is 6.67. The van der Waals surface area contributed by atoms with Crippen LogP contribution in [0.5, 0.6) is 0 Å². The van der Waals surface area contributed by atoms with Crippen LogP contribution in [-0.4, -0.2) is 13.2 Å². The van der Waals surface area contributed by atoms with E-state index in [4.69, 9.17) is 0 Å². The van der Waals surface area contributed by atoms with Gasteiger partial charge in [0.1, 0.15) is 0 Å². The first-order valence-corrected chi connectivity index (χ1v) is 5.43. The van der Waals surface area contributed by atoms with Crippen molar-refractivity contribution in [2.75, 3.05) is 18.5 Å². The summed E-state index contributed by atoms with van der Waals surface area (Å²) in [4.78, 5) is 0. The third-order valence-electron chi connectivity index (χ3n) is 2.15. The number of rotatable bonds is 7. The maximum Gasteiger partial charge on any atom is 0.0653 e. The van der Waals surface area contributed by atoms with Crippen molar-refractivity contribution in [3.05, 3.63) is 30.3 Å². The third kappa shape index (κ3) is 4.87. The van der Waals surface area contributed by atoms with Crippen LogP contribution in [0.1, 0.15) is 26.2 Å². The van der Waals surface area contributed by atoms with Crippen molar-refractivity contribution in [3.8, 4) is 0 Å². The minimum atomic E-state index is 0.855. The van der Waals surface area contributed by atoms with Crippen LogP contribution in [0.2, 0.25) is 0 Å².